The summed E-state index contributed by atoms with van der Waals surface area (Å²) in [6, 6.07) is 13.0. The first kappa shape index (κ1) is 15.8. The number of benzene rings is 2. The third kappa shape index (κ3) is 3.30. The molecule has 3 rings (SSSR count). The van der Waals surface area contributed by atoms with Crippen LogP contribution < -0.4 is 5.32 Å². The molecule has 0 aliphatic heterocycles. The second kappa shape index (κ2) is 6.59. The number of carbonyl (C=O) groups is 1. The fourth-order valence-corrected chi connectivity index (χ4v) is 2.48. The van der Waals surface area contributed by atoms with Gasteiger partial charge in [0, 0.05) is 22.3 Å². The monoisotopic (exact) mass is 387 g/mol. The van der Waals surface area contributed by atoms with E-state index in [1.54, 1.807) is 6.07 Å². The third-order valence-electron chi connectivity index (χ3n) is 3.14. The summed E-state index contributed by atoms with van der Waals surface area (Å²) in [5.41, 5.74) is 1.03. The Morgan fingerprint density at radius 2 is 2.00 bits per heavy atom. The highest BCUT2D eigenvalue weighted by molar-refractivity contribution is 9.10. The van der Waals surface area contributed by atoms with Crippen LogP contribution in [-0.4, -0.2) is 25.8 Å². The van der Waals surface area contributed by atoms with Crippen molar-refractivity contribution in [3.63, 3.8) is 0 Å². The van der Waals surface area contributed by atoms with Crippen LogP contribution >= 0.6 is 15.9 Å². The zero-order valence-electron chi connectivity index (χ0n) is 12.1. The average molecular weight is 388 g/mol. The third-order valence-corrected chi connectivity index (χ3v) is 3.81. The highest BCUT2D eigenvalue weighted by Crippen LogP contribution is 2.20. The summed E-state index contributed by atoms with van der Waals surface area (Å²) < 4.78 is 2.27. The molecule has 0 radical (unpaired) electrons. The molecule has 0 atom stereocenters. The normalized spacial score (nSPS) is 10.4. The van der Waals surface area contributed by atoms with Crippen molar-refractivity contribution in [2.75, 3.05) is 5.32 Å². The molecule has 0 saturated carbocycles. The van der Waals surface area contributed by atoms with Gasteiger partial charge >= 0.3 is 0 Å². The van der Waals surface area contributed by atoms with Gasteiger partial charge in [0.1, 0.15) is 0 Å². The van der Waals surface area contributed by atoms with Crippen LogP contribution in [0.1, 0.15) is 10.5 Å². The van der Waals surface area contributed by atoms with Crippen LogP contribution in [0, 0.1) is 10.1 Å². The van der Waals surface area contributed by atoms with Crippen LogP contribution in [0.4, 0.5) is 11.4 Å². The van der Waals surface area contributed by atoms with Gasteiger partial charge in [-0.2, -0.15) is 0 Å². The first-order chi connectivity index (χ1) is 11.5. The lowest BCUT2D eigenvalue weighted by Gasteiger charge is -2.03. The number of non-ortho nitro benzene ring substituents is 1. The first-order valence-corrected chi connectivity index (χ1v) is 7.57. The van der Waals surface area contributed by atoms with Gasteiger partial charge in [-0.15, -0.1) is 5.10 Å². The van der Waals surface area contributed by atoms with Crippen LogP contribution in [0.15, 0.2) is 59.2 Å². The molecular formula is C15H10BrN5O3. The Balaban J connectivity index is 1.81. The molecule has 0 saturated heterocycles. The number of hydrogen-bond acceptors (Lipinski definition) is 5. The minimum absolute atomic E-state index is 0.0947. The lowest BCUT2D eigenvalue weighted by molar-refractivity contribution is -0.384. The molecule has 1 N–H and O–H groups in total. The smallest absolute Gasteiger partial charge is 0.277 e. The molecule has 1 aromatic heterocycles. The molecule has 9 heteroatoms. The second-order valence-corrected chi connectivity index (χ2v) is 5.62. The van der Waals surface area contributed by atoms with Crippen molar-refractivity contribution in [2.45, 2.75) is 0 Å². The van der Waals surface area contributed by atoms with Gasteiger partial charge in [0.05, 0.1) is 16.8 Å². The Labute approximate surface area is 144 Å². The van der Waals surface area contributed by atoms with Gasteiger partial charge in [-0.25, -0.2) is 4.68 Å². The molecule has 0 aliphatic carbocycles. The molecule has 3 aromatic rings. The Morgan fingerprint density at radius 3 is 2.75 bits per heavy atom. The van der Waals surface area contributed by atoms with Crippen molar-refractivity contribution in [2.24, 2.45) is 0 Å². The number of anilines is 1. The van der Waals surface area contributed by atoms with Crippen molar-refractivity contribution in [1.82, 2.24) is 15.0 Å². The fraction of sp³-hybridized carbons (Fsp3) is 0. The quantitative estimate of drug-likeness (QED) is 0.546. The van der Waals surface area contributed by atoms with Crippen molar-refractivity contribution in [3.05, 3.63) is 75.0 Å². The van der Waals surface area contributed by atoms with Gasteiger partial charge in [-0.05, 0) is 34.1 Å². The Bertz CT molecular complexity index is 925. The Morgan fingerprint density at radius 1 is 1.21 bits per heavy atom. The van der Waals surface area contributed by atoms with E-state index in [0.717, 1.165) is 10.2 Å². The molecule has 1 amide bonds. The van der Waals surface area contributed by atoms with Crippen LogP contribution in [0.3, 0.4) is 0 Å². The summed E-state index contributed by atoms with van der Waals surface area (Å²) in [7, 11) is 0. The van der Waals surface area contributed by atoms with Gasteiger partial charge in [-0.3, -0.25) is 14.9 Å². The van der Waals surface area contributed by atoms with Crippen molar-refractivity contribution in [1.29, 1.82) is 0 Å². The standard InChI is InChI=1S/C15H10BrN5O3/c16-12-6-1-2-7-14(12)20-9-13(18-19-20)15(22)17-10-4-3-5-11(8-10)21(23)24/h1-9H,(H,17,22). The van der Waals surface area contributed by atoms with Crippen LogP contribution in [-0.2, 0) is 0 Å². The molecule has 0 spiro atoms. The number of amides is 1. The van der Waals surface area contributed by atoms with E-state index < -0.39 is 10.8 Å². The molecular weight excluding hydrogens is 378 g/mol. The number of carbonyl (C=O) groups excluding carboxylic acids is 1. The number of nitrogens with zero attached hydrogens (tertiary/aromatic N) is 4. The second-order valence-electron chi connectivity index (χ2n) is 4.76. The summed E-state index contributed by atoms with van der Waals surface area (Å²) in [6.45, 7) is 0. The molecule has 0 fully saturated rings. The summed E-state index contributed by atoms with van der Waals surface area (Å²) in [5, 5.41) is 21.1. The summed E-state index contributed by atoms with van der Waals surface area (Å²) >= 11 is 3.40. The maximum Gasteiger partial charge on any atom is 0.277 e. The summed E-state index contributed by atoms with van der Waals surface area (Å²) in [6.07, 6.45) is 1.48. The largest absolute Gasteiger partial charge is 0.320 e. The molecule has 0 unspecified atom stereocenters. The Hall–Kier alpha value is -3.07. The molecule has 8 nitrogen and oxygen atoms in total. The highest BCUT2D eigenvalue weighted by atomic mass is 79.9. The van der Waals surface area contributed by atoms with E-state index in [9.17, 15) is 14.9 Å². The minimum Gasteiger partial charge on any atom is -0.320 e. The summed E-state index contributed by atoms with van der Waals surface area (Å²) in [4.78, 5) is 22.5. The van der Waals surface area contributed by atoms with Gasteiger partial charge in [0.15, 0.2) is 5.69 Å². The highest BCUT2D eigenvalue weighted by Gasteiger charge is 2.14. The molecule has 24 heavy (non-hydrogen) atoms. The molecule has 0 bridgehead atoms. The molecule has 0 aliphatic rings. The van der Waals surface area contributed by atoms with E-state index in [0.29, 0.717) is 5.69 Å². The van der Waals surface area contributed by atoms with Gasteiger partial charge in [0.2, 0.25) is 0 Å². The van der Waals surface area contributed by atoms with Crippen LogP contribution in [0.2, 0.25) is 0 Å². The van der Waals surface area contributed by atoms with E-state index in [4.69, 9.17) is 0 Å². The number of nitro benzene ring substituents is 1. The number of hydrogen-bond donors (Lipinski definition) is 1. The zero-order chi connectivity index (χ0) is 17.1. The number of para-hydroxylation sites is 1. The predicted molar refractivity (Wildman–Crippen MR) is 90.1 cm³/mol. The van der Waals surface area contributed by atoms with Crippen molar-refractivity contribution in [3.8, 4) is 5.69 Å². The molecule has 120 valence electrons. The topological polar surface area (TPSA) is 103 Å². The molecule has 1 heterocycles. The number of aromatic nitrogens is 3. The van der Waals surface area contributed by atoms with E-state index >= 15 is 0 Å². The zero-order valence-corrected chi connectivity index (χ0v) is 13.7. The predicted octanol–water partition coefficient (Wildman–Crippen LogP) is 3.19. The fourth-order valence-electron chi connectivity index (χ4n) is 2.02. The number of halogens is 1. The van der Waals surface area contributed by atoms with E-state index in [2.05, 4.69) is 31.6 Å². The van der Waals surface area contributed by atoms with Crippen molar-refractivity contribution < 1.29 is 9.72 Å². The van der Waals surface area contributed by atoms with Crippen LogP contribution in [0.25, 0.3) is 5.69 Å². The van der Waals surface area contributed by atoms with E-state index in [1.165, 1.54) is 29.1 Å². The maximum absolute atomic E-state index is 12.2. The summed E-state index contributed by atoms with van der Waals surface area (Å²) in [5.74, 6) is -0.506. The molecule has 2 aromatic carbocycles. The van der Waals surface area contributed by atoms with Gasteiger partial charge < -0.3 is 5.32 Å². The number of nitrogens with one attached hydrogen (secondary N) is 1. The van der Waals surface area contributed by atoms with Gasteiger partial charge in [0.25, 0.3) is 11.6 Å². The minimum atomic E-state index is -0.529. The van der Waals surface area contributed by atoms with E-state index in [1.807, 2.05) is 24.3 Å². The maximum atomic E-state index is 12.2. The first-order valence-electron chi connectivity index (χ1n) is 6.77. The lowest BCUT2D eigenvalue weighted by atomic mass is 10.2. The number of nitro groups is 1. The van der Waals surface area contributed by atoms with Crippen molar-refractivity contribution >= 4 is 33.2 Å². The van der Waals surface area contributed by atoms with Gasteiger partial charge in [-0.1, -0.05) is 23.4 Å². The van der Waals surface area contributed by atoms with E-state index in [-0.39, 0.29) is 11.4 Å². The average Bonchev–Trinajstić information content (AvgIpc) is 3.05. The number of rotatable bonds is 4. The Kier molecular flexibility index (Phi) is 4.34. The van der Waals surface area contributed by atoms with Crippen LogP contribution in [0.5, 0.6) is 0 Å². The SMILES string of the molecule is O=C(Nc1cccc([N+](=O)[O-])c1)c1cn(-c2ccccc2Br)nn1. The lowest BCUT2D eigenvalue weighted by Crippen LogP contribution is -2.12.